The van der Waals surface area contributed by atoms with Gasteiger partial charge < -0.3 is 14.2 Å². The summed E-state index contributed by atoms with van der Waals surface area (Å²) in [6.45, 7) is 5.68. The van der Waals surface area contributed by atoms with Gasteiger partial charge in [-0.2, -0.15) is 0 Å². The maximum absolute atomic E-state index is 14.1. The van der Waals surface area contributed by atoms with Gasteiger partial charge >= 0.3 is 5.97 Å². The number of hydrogen-bond acceptors (Lipinski definition) is 7. The number of nitrogens with zero attached hydrogens (tertiary/aromatic N) is 2. The highest BCUT2D eigenvalue weighted by atomic mass is 32.1. The van der Waals surface area contributed by atoms with Gasteiger partial charge in [0.25, 0.3) is 5.56 Å². The van der Waals surface area contributed by atoms with E-state index in [-0.39, 0.29) is 23.8 Å². The van der Waals surface area contributed by atoms with Crippen LogP contribution in [0.3, 0.4) is 0 Å². The normalized spacial score (nSPS) is 15.0. The molecule has 0 saturated heterocycles. The number of carbonyl (C=O) groups is 1. The Morgan fingerprint density at radius 2 is 1.80 bits per heavy atom. The number of esters is 1. The fraction of sp³-hybridized carbons (Fsp3) is 0.219. The molecule has 1 aliphatic rings. The summed E-state index contributed by atoms with van der Waals surface area (Å²) in [4.78, 5) is 32.8. The largest absolute Gasteiger partial charge is 0.493 e. The number of halogens is 1. The van der Waals surface area contributed by atoms with Gasteiger partial charge in [0, 0.05) is 11.1 Å². The van der Waals surface area contributed by atoms with E-state index >= 15 is 0 Å². The van der Waals surface area contributed by atoms with Crippen LogP contribution in [0.1, 0.15) is 43.5 Å². The molecule has 0 radical (unpaired) electrons. The number of thiazole rings is 1. The third-order valence-corrected chi connectivity index (χ3v) is 7.41. The Morgan fingerprint density at radius 1 is 1.07 bits per heavy atom. The predicted octanol–water partition coefficient (Wildman–Crippen LogP) is 4.87. The molecule has 0 fully saturated rings. The fourth-order valence-electron chi connectivity index (χ4n) is 4.71. The fourth-order valence-corrected chi connectivity index (χ4v) is 5.70. The van der Waals surface area contributed by atoms with Crippen LogP contribution in [0, 0.1) is 5.82 Å². The molecule has 7 nitrogen and oxygen atoms in total. The van der Waals surface area contributed by atoms with E-state index in [9.17, 15) is 14.0 Å². The van der Waals surface area contributed by atoms with Crippen LogP contribution in [-0.2, 0) is 9.53 Å². The average molecular weight is 573 g/mol. The van der Waals surface area contributed by atoms with Crippen molar-refractivity contribution >= 4 is 29.1 Å². The molecule has 210 valence electrons. The van der Waals surface area contributed by atoms with Gasteiger partial charge in [0.05, 0.1) is 41.7 Å². The van der Waals surface area contributed by atoms with E-state index in [1.54, 1.807) is 38.3 Å². The van der Waals surface area contributed by atoms with E-state index in [1.807, 2.05) is 56.3 Å². The minimum absolute atomic E-state index is 0.126. The van der Waals surface area contributed by atoms with Crippen molar-refractivity contribution in [3.63, 3.8) is 0 Å². The van der Waals surface area contributed by atoms with Crippen molar-refractivity contribution in [2.75, 3.05) is 13.7 Å². The molecule has 4 aromatic rings. The van der Waals surface area contributed by atoms with E-state index in [0.29, 0.717) is 43.2 Å². The molecule has 3 aromatic carbocycles. The Morgan fingerprint density at radius 3 is 2.46 bits per heavy atom. The molecular weight excluding hydrogens is 543 g/mol. The molecular formula is C32H29FN2O5S. The number of methoxy groups -OCH3 is 1. The van der Waals surface area contributed by atoms with Crippen LogP contribution in [0.4, 0.5) is 4.39 Å². The van der Waals surface area contributed by atoms with Crippen molar-refractivity contribution in [3.8, 4) is 11.5 Å². The van der Waals surface area contributed by atoms with E-state index in [4.69, 9.17) is 19.2 Å². The van der Waals surface area contributed by atoms with Crippen LogP contribution in [0.2, 0.25) is 0 Å². The van der Waals surface area contributed by atoms with Gasteiger partial charge in [-0.25, -0.2) is 14.2 Å². The first-order chi connectivity index (χ1) is 19.8. The van der Waals surface area contributed by atoms with Crippen molar-refractivity contribution in [1.29, 1.82) is 0 Å². The first-order valence-corrected chi connectivity index (χ1v) is 14.0. The summed E-state index contributed by atoms with van der Waals surface area (Å²) in [5, 5.41) is 0. The smallest absolute Gasteiger partial charge is 0.338 e. The number of carbonyl (C=O) groups excluding carboxylic acids is 1. The summed E-state index contributed by atoms with van der Waals surface area (Å²) in [5.74, 6) is 0.0319. The van der Waals surface area contributed by atoms with Crippen molar-refractivity contribution in [1.82, 2.24) is 4.57 Å². The molecule has 1 aromatic heterocycles. The van der Waals surface area contributed by atoms with Crippen molar-refractivity contribution in [3.05, 3.63) is 121 Å². The van der Waals surface area contributed by atoms with Gasteiger partial charge in [-0.05, 0) is 50.6 Å². The molecule has 0 unspecified atom stereocenters. The Bertz CT molecular complexity index is 1790. The van der Waals surface area contributed by atoms with Gasteiger partial charge in [0.2, 0.25) is 0 Å². The maximum Gasteiger partial charge on any atom is 0.338 e. The third kappa shape index (κ3) is 5.58. The summed E-state index contributed by atoms with van der Waals surface area (Å²) in [5.41, 5.74) is 2.16. The van der Waals surface area contributed by atoms with Crippen LogP contribution in [0.25, 0.3) is 11.8 Å². The topological polar surface area (TPSA) is 79.1 Å². The standard InChI is InChI=1S/C32H29FN2O5S/c1-5-39-31(37)26-27(20-10-7-6-8-11-20)34-32-35(28(26)21-14-16-23(33)17-15-21)30(36)25(41-32)18-22-12-9-13-24(38-4)29(22)40-19(2)3/h6-19,28H,5H2,1-4H3/b25-18-/t28-/m0/s1. The lowest BCUT2D eigenvalue weighted by molar-refractivity contribution is -0.138. The Labute approximate surface area is 240 Å². The van der Waals surface area contributed by atoms with Crippen LogP contribution in [0.5, 0.6) is 11.5 Å². The van der Waals surface area contributed by atoms with Crippen LogP contribution < -0.4 is 24.4 Å². The molecule has 2 heterocycles. The molecule has 0 aliphatic carbocycles. The second-order valence-electron chi connectivity index (χ2n) is 9.53. The molecule has 0 spiro atoms. The van der Waals surface area contributed by atoms with E-state index in [0.717, 1.165) is 0 Å². The van der Waals surface area contributed by atoms with Gasteiger partial charge in [0.1, 0.15) is 5.82 Å². The van der Waals surface area contributed by atoms with Crippen molar-refractivity contribution in [2.45, 2.75) is 32.9 Å². The number of aromatic nitrogens is 1. The molecule has 5 rings (SSSR count). The second kappa shape index (κ2) is 11.9. The SMILES string of the molecule is CCOC(=O)C1=C(c2ccccc2)N=c2s/c(=C\c3cccc(OC)c3OC(C)C)c(=O)n2[C@H]1c1ccc(F)cc1. The number of hydrogen-bond donors (Lipinski definition) is 0. The average Bonchev–Trinajstić information content (AvgIpc) is 3.28. The van der Waals surface area contributed by atoms with Gasteiger partial charge in [-0.1, -0.05) is 65.9 Å². The lowest BCUT2D eigenvalue weighted by Crippen LogP contribution is -2.40. The maximum atomic E-state index is 14.1. The molecule has 0 amide bonds. The summed E-state index contributed by atoms with van der Waals surface area (Å²) in [6, 6.07) is 19.6. The first kappa shape index (κ1) is 28.0. The van der Waals surface area contributed by atoms with Gasteiger partial charge in [-0.3, -0.25) is 9.36 Å². The molecule has 0 bridgehead atoms. The van der Waals surface area contributed by atoms with E-state index in [1.165, 1.54) is 28.0 Å². The zero-order chi connectivity index (χ0) is 29.1. The second-order valence-corrected chi connectivity index (χ2v) is 10.5. The Hall–Kier alpha value is -4.50. The monoisotopic (exact) mass is 572 g/mol. The molecule has 0 N–H and O–H groups in total. The molecule has 41 heavy (non-hydrogen) atoms. The minimum atomic E-state index is -0.889. The highest BCUT2D eigenvalue weighted by Gasteiger charge is 2.35. The summed E-state index contributed by atoms with van der Waals surface area (Å²) in [6.07, 6.45) is 1.61. The van der Waals surface area contributed by atoms with Crippen LogP contribution in [0.15, 0.2) is 88.2 Å². The molecule has 0 saturated carbocycles. The molecule has 9 heteroatoms. The zero-order valence-electron chi connectivity index (χ0n) is 23.1. The number of benzene rings is 3. The quantitative estimate of drug-likeness (QED) is 0.282. The van der Waals surface area contributed by atoms with Crippen molar-refractivity contribution < 1.29 is 23.4 Å². The third-order valence-electron chi connectivity index (χ3n) is 6.43. The van der Waals surface area contributed by atoms with E-state index < -0.39 is 17.8 Å². The zero-order valence-corrected chi connectivity index (χ0v) is 23.9. The highest BCUT2D eigenvalue weighted by Crippen LogP contribution is 2.36. The van der Waals surface area contributed by atoms with Crippen LogP contribution in [-0.4, -0.2) is 30.4 Å². The van der Waals surface area contributed by atoms with Crippen LogP contribution >= 0.6 is 11.3 Å². The van der Waals surface area contributed by atoms with Gasteiger partial charge in [-0.15, -0.1) is 0 Å². The highest BCUT2D eigenvalue weighted by molar-refractivity contribution is 7.07. The number of rotatable bonds is 8. The number of para-hydroxylation sites is 1. The first-order valence-electron chi connectivity index (χ1n) is 13.2. The predicted molar refractivity (Wildman–Crippen MR) is 156 cm³/mol. The Kier molecular flexibility index (Phi) is 8.16. The lowest BCUT2D eigenvalue weighted by Gasteiger charge is -2.25. The summed E-state index contributed by atoms with van der Waals surface area (Å²) < 4.78 is 32.9. The van der Waals surface area contributed by atoms with Gasteiger partial charge in [0.15, 0.2) is 16.3 Å². The Balaban J connectivity index is 1.81. The van der Waals surface area contributed by atoms with E-state index in [2.05, 4.69) is 0 Å². The lowest BCUT2D eigenvalue weighted by atomic mass is 9.93. The summed E-state index contributed by atoms with van der Waals surface area (Å²) >= 11 is 1.20. The minimum Gasteiger partial charge on any atom is -0.493 e. The summed E-state index contributed by atoms with van der Waals surface area (Å²) in [7, 11) is 1.56. The van der Waals surface area contributed by atoms with Crippen molar-refractivity contribution in [2.24, 2.45) is 4.99 Å². The molecule has 1 atom stereocenters. The number of ether oxygens (including phenoxy) is 3. The molecule has 1 aliphatic heterocycles. The number of fused-ring (bicyclic) bond motifs is 1.